The number of fused-ring (bicyclic) bond motifs is 1. The van der Waals surface area contributed by atoms with Crippen molar-refractivity contribution in [1.29, 1.82) is 0 Å². The summed E-state index contributed by atoms with van der Waals surface area (Å²) in [6.07, 6.45) is 9.63. The Kier molecular flexibility index (Phi) is 3.22. The van der Waals surface area contributed by atoms with Crippen LogP contribution in [0, 0.1) is 0 Å². The van der Waals surface area contributed by atoms with Crippen LogP contribution in [0.2, 0.25) is 0 Å². The molecule has 0 saturated heterocycles. The molecule has 0 amide bonds. The van der Waals surface area contributed by atoms with Gasteiger partial charge in [-0.1, -0.05) is 19.3 Å². The van der Waals surface area contributed by atoms with Gasteiger partial charge in [0.15, 0.2) is 0 Å². The summed E-state index contributed by atoms with van der Waals surface area (Å²) in [5.74, 6) is 0.819. The van der Waals surface area contributed by atoms with Crippen molar-refractivity contribution in [3.63, 3.8) is 0 Å². The summed E-state index contributed by atoms with van der Waals surface area (Å²) < 4.78 is 0. The van der Waals surface area contributed by atoms with E-state index in [4.69, 9.17) is 0 Å². The molecule has 0 aromatic carbocycles. The standard InChI is InChI=1S/C13H20N4/c1-2-4-11(5-3-1)16-13-15-8-10-6-7-14-9-12(10)17-13/h8,11,14H,1-7,9H2,(H,15,16,17). The second kappa shape index (κ2) is 5.00. The van der Waals surface area contributed by atoms with Gasteiger partial charge in [0.25, 0.3) is 0 Å². The molecule has 92 valence electrons. The first-order valence-corrected chi connectivity index (χ1v) is 6.74. The Hall–Kier alpha value is -1.16. The SMILES string of the molecule is c1nc(NC2CCCCC2)nc2c1CCNC2. The van der Waals surface area contributed by atoms with E-state index in [9.17, 15) is 0 Å². The third kappa shape index (κ3) is 2.57. The number of aromatic nitrogens is 2. The summed E-state index contributed by atoms with van der Waals surface area (Å²) in [6, 6.07) is 0.582. The Labute approximate surface area is 102 Å². The molecular formula is C13H20N4. The highest BCUT2D eigenvalue weighted by atomic mass is 15.1. The highest BCUT2D eigenvalue weighted by Crippen LogP contribution is 2.20. The molecule has 2 N–H and O–H groups in total. The molecule has 1 saturated carbocycles. The fourth-order valence-corrected chi connectivity index (χ4v) is 2.73. The van der Waals surface area contributed by atoms with Crippen molar-refractivity contribution in [2.75, 3.05) is 11.9 Å². The molecule has 4 nitrogen and oxygen atoms in total. The van der Waals surface area contributed by atoms with E-state index in [1.54, 1.807) is 0 Å². The van der Waals surface area contributed by atoms with Gasteiger partial charge in [0.2, 0.25) is 5.95 Å². The normalized spacial score (nSPS) is 20.9. The number of nitrogens with one attached hydrogen (secondary N) is 2. The van der Waals surface area contributed by atoms with Gasteiger partial charge in [-0.05, 0) is 31.4 Å². The van der Waals surface area contributed by atoms with E-state index in [-0.39, 0.29) is 0 Å². The quantitative estimate of drug-likeness (QED) is 0.817. The molecule has 4 heteroatoms. The van der Waals surface area contributed by atoms with Gasteiger partial charge in [0.1, 0.15) is 0 Å². The molecule has 0 spiro atoms. The predicted molar refractivity (Wildman–Crippen MR) is 67.9 cm³/mol. The Balaban J connectivity index is 1.70. The minimum Gasteiger partial charge on any atom is -0.351 e. The van der Waals surface area contributed by atoms with Crippen LogP contribution in [-0.2, 0) is 13.0 Å². The third-order valence-electron chi connectivity index (χ3n) is 3.76. The van der Waals surface area contributed by atoms with E-state index < -0.39 is 0 Å². The van der Waals surface area contributed by atoms with E-state index in [1.807, 2.05) is 6.20 Å². The number of rotatable bonds is 2. The van der Waals surface area contributed by atoms with Gasteiger partial charge < -0.3 is 10.6 Å². The van der Waals surface area contributed by atoms with Crippen LogP contribution in [0.3, 0.4) is 0 Å². The lowest BCUT2D eigenvalue weighted by Crippen LogP contribution is -2.27. The van der Waals surface area contributed by atoms with Crippen LogP contribution in [-0.4, -0.2) is 22.6 Å². The molecule has 0 bridgehead atoms. The first-order valence-electron chi connectivity index (χ1n) is 6.74. The Morgan fingerprint density at radius 2 is 2.12 bits per heavy atom. The zero-order chi connectivity index (χ0) is 11.5. The summed E-state index contributed by atoms with van der Waals surface area (Å²) in [4.78, 5) is 9.06. The van der Waals surface area contributed by atoms with Gasteiger partial charge >= 0.3 is 0 Å². The molecule has 0 unspecified atom stereocenters. The van der Waals surface area contributed by atoms with Crippen molar-refractivity contribution >= 4 is 5.95 Å². The fraction of sp³-hybridized carbons (Fsp3) is 0.692. The molecule has 1 aliphatic heterocycles. The lowest BCUT2D eigenvalue weighted by Gasteiger charge is -2.23. The molecule has 17 heavy (non-hydrogen) atoms. The zero-order valence-electron chi connectivity index (χ0n) is 10.2. The minimum absolute atomic E-state index is 0.582. The van der Waals surface area contributed by atoms with Crippen molar-refractivity contribution in [3.05, 3.63) is 17.5 Å². The summed E-state index contributed by atoms with van der Waals surface area (Å²) in [5.41, 5.74) is 2.47. The lowest BCUT2D eigenvalue weighted by molar-refractivity contribution is 0.460. The molecule has 3 rings (SSSR count). The summed E-state index contributed by atoms with van der Waals surface area (Å²) >= 11 is 0. The first-order chi connectivity index (χ1) is 8.42. The van der Waals surface area contributed by atoms with Gasteiger partial charge in [0.05, 0.1) is 5.69 Å². The second-order valence-corrected chi connectivity index (χ2v) is 5.07. The van der Waals surface area contributed by atoms with E-state index in [1.165, 1.54) is 43.4 Å². The topological polar surface area (TPSA) is 49.8 Å². The largest absolute Gasteiger partial charge is 0.351 e. The van der Waals surface area contributed by atoms with Gasteiger partial charge in [0, 0.05) is 18.8 Å². The van der Waals surface area contributed by atoms with Crippen LogP contribution in [0.5, 0.6) is 0 Å². The average Bonchev–Trinajstić information content (AvgIpc) is 2.40. The Morgan fingerprint density at radius 3 is 3.00 bits per heavy atom. The highest BCUT2D eigenvalue weighted by Gasteiger charge is 2.16. The third-order valence-corrected chi connectivity index (χ3v) is 3.76. The Morgan fingerprint density at radius 1 is 1.24 bits per heavy atom. The van der Waals surface area contributed by atoms with Crippen LogP contribution in [0.25, 0.3) is 0 Å². The maximum absolute atomic E-state index is 4.62. The number of hydrogen-bond donors (Lipinski definition) is 2. The highest BCUT2D eigenvalue weighted by molar-refractivity contribution is 5.32. The fourth-order valence-electron chi connectivity index (χ4n) is 2.73. The molecule has 2 aliphatic rings. The molecular weight excluding hydrogens is 212 g/mol. The first kappa shape index (κ1) is 11.0. The minimum atomic E-state index is 0.582. The number of anilines is 1. The molecule has 1 aromatic rings. The van der Waals surface area contributed by atoms with E-state index in [0.29, 0.717) is 6.04 Å². The van der Waals surface area contributed by atoms with Crippen LogP contribution in [0.4, 0.5) is 5.95 Å². The smallest absolute Gasteiger partial charge is 0.223 e. The summed E-state index contributed by atoms with van der Waals surface area (Å²) in [7, 11) is 0. The molecule has 2 heterocycles. The predicted octanol–water partition coefficient (Wildman–Crippen LogP) is 1.87. The van der Waals surface area contributed by atoms with Gasteiger partial charge in [-0.2, -0.15) is 0 Å². The maximum atomic E-state index is 4.62. The maximum Gasteiger partial charge on any atom is 0.223 e. The zero-order valence-corrected chi connectivity index (χ0v) is 10.2. The lowest BCUT2D eigenvalue weighted by atomic mass is 9.96. The average molecular weight is 232 g/mol. The summed E-state index contributed by atoms with van der Waals surface area (Å²) in [5, 5.41) is 6.83. The van der Waals surface area contributed by atoms with Gasteiger partial charge in [-0.15, -0.1) is 0 Å². The van der Waals surface area contributed by atoms with Crippen molar-refractivity contribution < 1.29 is 0 Å². The summed E-state index contributed by atoms with van der Waals surface area (Å²) in [6.45, 7) is 1.93. The van der Waals surface area contributed by atoms with Gasteiger partial charge in [-0.25, -0.2) is 9.97 Å². The van der Waals surface area contributed by atoms with E-state index in [2.05, 4.69) is 20.6 Å². The van der Waals surface area contributed by atoms with E-state index >= 15 is 0 Å². The van der Waals surface area contributed by atoms with Crippen LogP contribution >= 0.6 is 0 Å². The monoisotopic (exact) mass is 232 g/mol. The van der Waals surface area contributed by atoms with Crippen LogP contribution in [0.1, 0.15) is 43.4 Å². The van der Waals surface area contributed by atoms with Crippen LogP contribution in [0.15, 0.2) is 6.20 Å². The second-order valence-electron chi connectivity index (χ2n) is 5.07. The van der Waals surface area contributed by atoms with Crippen molar-refractivity contribution in [2.24, 2.45) is 0 Å². The molecule has 1 fully saturated rings. The number of nitrogens with zero attached hydrogens (tertiary/aromatic N) is 2. The molecule has 0 radical (unpaired) electrons. The van der Waals surface area contributed by atoms with Crippen molar-refractivity contribution in [1.82, 2.24) is 15.3 Å². The van der Waals surface area contributed by atoms with Crippen molar-refractivity contribution in [3.8, 4) is 0 Å². The van der Waals surface area contributed by atoms with Gasteiger partial charge in [-0.3, -0.25) is 0 Å². The van der Waals surface area contributed by atoms with Crippen molar-refractivity contribution in [2.45, 2.75) is 51.1 Å². The number of hydrogen-bond acceptors (Lipinski definition) is 4. The van der Waals surface area contributed by atoms with Crippen LogP contribution < -0.4 is 10.6 Å². The Bertz CT molecular complexity index is 385. The van der Waals surface area contributed by atoms with E-state index in [0.717, 1.165) is 25.5 Å². The molecule has 0 atom stereocenters. The molecule has 1 aromatic heterocycles. The molecule has 1 aliphatic carbocycles.